The summed E-state index contributed by atoms with van der Waals surface area (Å²) < 4.78 is 0. The van der Waals surface area contributed by atoms with E-state index in [0.717, 1.165) is 36.2 Å². The summed E-state index contributed by atoms with van der Waals surface area (Å²) in [5.41, 5.74) is 4.37. The fourth-order valence-corrected chi connectivity index (χ4v) is 3.81. The van der Waals surface area contributed by atoms with E-state index >= 15 is 0 Å². The number of aliphatic hydroxyl groups excluding tert-OH is 1. The lowest BCUT2D eigenvalue weighted by Crippen LogP contribution is -2.17. The molecule has 1 aliphatic rings. The molecule has 0 saturated carbocycles. The van der Waals surface area contributed by atoms with Gasteiger partial charge in [-0.3, -0.25) is 9.59 Å². The summed E-state index contributed by atoms with van der Waals surface area (Å²) in [7, 11) is 0. The molecule has 0 atom stereocenters. The first kappa shape index (κ1) is 21.4. The Morgan fingerprint density at radius 2 is 1.75 bits per heavy atom. The highest BCUT2D eigenvalue weighted by atomic mass is 16.3. The van der Waals surface area contributed by atoms with Crippen molar-refractivity contribution in [3.63, 3.8) is 0 Å². The fourth-order valence-electron chi connectivity index (χ4n) is 3.81. The minimum absolute atomic E-state index is 0.135. The number of phenolic OH excluding ortho intramolecular Hbond substituents is 1. The third-order valence-corrected chi connectivity index (χ3v) is 5.47. The summed E-state index contributed by atoms with van der Waals surface area (Å²) in [5.74, 6) is -0.431. The first-order valence-corrected chi connectivity index (χ1v) is 10.6. The second-order valence-corrected chi connectivity index (χ2v) is 7.60. The molecule has 0 saturated heterocycles. The third-order valence-electron chi connectivity index (χ3n) is 5.47. The average Bonchev–Trinajstić information content (AvgIpc) is 3.20. The summed E-state index contributed by atoms with van der Waals surface area (Å²) in [6, 6.07) is 17.6. The number of unbranched alkanes of at least 4 members (excludes halogenated alkanes) is 1. The van der Waals surface area contributed by atoms with E-state index in [2.05, 4.69) is 16.0 Å². The fraction of sp³-hybridized carbons (Fsp3) is 0.200. The molecular formula is C25H25N3O4. The Labute approximate surface area is 186 Å². The minimum atomic E-state index is -0.311. The number of aromatic hydroxyl groups is 1. The summed E-state index contributed by atoms with van der Waals surface area (Å²) in [4.78, 5) is 25.3. The van der Waals surface area contributed by atoms with Crippen LogP contribution in [0.4, 0.5) is 11.4 Å². The van der Waals surface area contributed by atoms with Crippen LogP contribution in [0, 0.1) is 0 Å². The van der Waals surface area contributed by atoms with Crippen molar-refractivity contribution in [1.82, 2.24) is 5.32 Å². The predicted molar refractivity (Wildman–Crippen MR) is 124 cm³/mol. The molecule has 3 aromatic carbocycles. The normalized spacial score (nSPS) is 12.2. The Morgan fingerprint density at radius 3 is 2.50 bits per heavy atom. The molecule has 164 valence electrons. The first-order valence-electron chi connectivity index (χ1n) is 10.6. The van der Waals surface area contributed by atoms with E-state index in [1.54, 1.807) is 36.4 Å². The summed E-state index contributed by atoms with van der Waals surface area (Å²) >= 11 is 0. The Hall–Kier alpha value is -3.84. The van der Waals surface area contributed by atoms with Gasteiger partial charge in [0.25, 0.3) is 11.8 Å². The SMILES string of the molecule is O=C(Nc1ccc(-c2ccccc2O)c2c1C(=O)NC2)c1ccc(NCCCCO)cc1. The van der Waals surface area contributed by atoms with Crippen molar-refractivity contribution < 1.29 is 19.8 Å². The van der Waals surface area contributed by atoms with E-state index in [4.69, 9.17) is 5.11 Å². The number of para-hydroxylation sites is 1. The lowest BCUT2D eigenvalue weighted by atomic mass is 9.95. The van der Waals surface area contributed by atoms with Crippen LogP contribution in [0.15, 0.2) is 60.7 Å². The van der Waals surface area contributed by atoms with E-state index in [9.17, 15) is 14.7 Å². The number of fused-ring (bicyclic) bond motifs is 1. The van der Waals surface area contributed by atoms with Crippen LogP contribution in [-0.2, 0) is 6.54 Å². The smallest absolute Gasteiger partial charge is 0.255 e. The number of aliphatic hydroxyl groups is 1. The van der Waals surface area contributed by atoms with Crippen molar-refractivity contribution in [3.05, 3.63) is 77.4 Å². The van der Waals surface area contributed by atoms with Crippen molar-refractivity contribution in [3.8, 4) is 16.9 Å². The van der Waals surface area contributed by atoms with E-state index in [-0.39, 0.29) is 24.2 Å². The molecule has 1 heterocycles. The van der Waals surface area contributed by atoms with Crippen molar-refractivity contribution in [1.29, 1.82) is 0 Å². The molecule has 32 heavy (non-hydrogen) atoms. The Balaban J connectivity index is 1.54. The van der Waals surface area contributed by atoms with Gasteiger partial charge in [-0.15, -0.1) is 0 Å². The van der Waals surface area contributed by atoms with Crippen LogP contribution < -0.4 is 16.0 Å². The zero-order valence-electron chi connectivity index (χ0n) is 17.5. The van der Waals surface area contributed by atoms with Gasteiger partial charge in [0.15, 0.2) is 0 Å². The van der Waals surface area contributed by atoms with Crippen LogP contribution >= 0.6 is 0 Å². The summed E-state index contributed by atoms with van der Waals surface area (Å²) in [6.07, 6.45) is 1.61. The van der Waals surface area contributed by atoms with Gasteiger partial charge in [0.1, 0.15) is 5.75 Å². The number of anilines is 2. The van der Waals surface area contributed by atoms with Gasteiger partial charge in [-0.1, -0.05) is 24.3 Å². The molecular weight excluding hydrogens is 406 g/mol. The van der Waals surface area contributed by atoms with Crippen LogP contribution in [0.2, 0.25) is 0 Å². The van der Waals surface area contributed by atoms with Crippen LogP contribution in [0.3, 0.4) is 0 Å². The number of rotatable bonds is 8. The Morgan fingerprint density at radius 1 is 0.969 bits per heavy atom. The van der Waals surface area contributed by atoms with Gasteiger partial charge in [-0.05, 0) is 60.4 Å². The van der Waals surface area contributed by atoms with Gasteiger partial charge in [0.2, 0.25) is 0 Å². The van der Waals surface area contributed by atoms with Gasteiger partial charge in [-0.25, -0.2) is 0 Å². The maximum atomic E-state index is 12.8. The number of hydrogen-bond acceptors (Lipinski definition) is 5. The molecule has 1 aliphatic heterocycles. The maximum Gasteiger partial charge on any atom is 0.255 e. The van der Waals surface area contributed by atoms with Crippen molar-refractivity contribution >= 4 is 23.2 Å². The standard InChI is InChI=1S/C25H25N3O4/c29-14-4-3-13-26-17-9-7-16(8-10-17)24(31)28-21-12-11-18(19-5-1-2-6-22(19)30)20-15-27-25(32)23(20)21/h1-2,5-12,26,29-30H,3-4,13-15H2,(H,27,32)(H,28,31). The molecule has 0 bridgehead atoms. The van der Waals surface area contributed by atoms with Crippen molar-refractivity contribution in [2.75, 3.05) is 23.8 Å². The summed E-state index contributed by atoms with van der Waals surface area (Å²) in [6.45, 7) is 1.25. The first-order chi connectivity index (χ1) is 15.6. The molecule has 4 rings (SSSR count). The molecule has 0 aliphatic carbocycles. The maximum absolute atomic E-state index is 12.8. The molecule has 0 aromatic heterocycles. The molecule has 0 unspecified atom stereocenters. The predicted octanol–water partition coefficient (Wildman–Crippen LogP) is 3.74. The topological polar surface area (TPSA) is 111 Å². The van der Waals surface area contributed by atoms with E-state index in [1.165, 1.54) is 0 Å². The average molecular weight is 431 g/mol. The molecule has 0 radical (unpaired) electrons. The molecule has 3 aromatic rings. The lowest BCUT2D eigenvalue weighted by molar-refractivity contribution is 0.0966. The number of benzene rings is 3. The van der Waals surface area contributed by atoms with Gasteiger partial charge in [0, 0.05) is 36.5 Å². The van der Waals surface area contributed by atoms with Crippen LogP contribution in [-0.4, -0.2) is 35.2 Å². The van der Waals surface area contributed by atoms with Crippen molar-refractivity contribution in [2.45, 2.75) is 19.4 Å². The highest BCUT2D eigenvalue weighted by Gasteiger charge is 2.27. The zero-order valence-corrected chi connectivity index (χ0v) is 17.5. The zero-order chi connectivity index (χ0) is 22.5. The highest BCUT2D eigenvalue weighted by molar-refractivity contribution is 6.11. The minimum Gasteiger partial charge on any atom is -0.507 e. The van der Waals surface area contributed by atoms with Crippen molar-refractivity contribution in [2.24, 2.45) is 0 Å². The van der Waals surface area contributed by atoms with E-state index < -0.39 is 0 Å². The Kier molecular flexibility index (Phi) is 6.37. The highest BCUT2D eigenvalue weighted by Crippen LogP contribution is 2.37. The molecule has 0 fully saturated rings. The quantitative estimate of drug-likeness (QED) is 0.349. The third kappa shape index (κ3) is 4.43. The molecule has 7 nitrogen and oxygen atoms in total. The van der Waals surface area contributed by atoms with Gasteiger partial charge >= 0.3 is 0 Å². The summed E-state index contributed by atoms with van der Waals surface area (Å²) in [5, 5.41) is 28.0. The molecule has 0 spiro atoms. The lowest BCUT2D eigenvalue weighted by Gasteiger charge is -2.14. The number of carbonyl (C=O) groups is 2. The number of hydrogen-bond donors (Lipinski definition) is 5. The van der Waals surface area contributed by atoms with Crippen LogP contribution in [0.1, 0.15) is 39.1 Å². The molecule has 7 heteroatoms. The number of amides is 2. The van der Waals surface area contributed by atoms with Gasteiger partial charge in [0.05, 0.1) is 11.3 Å². The van der Waals surface area contributed by atoms with Gasteiger partial charge in [-0.2, -0.15) is 0 Å². The van der Waals surface area contributed by atoms with Gasteiger partial charge < -0.3 is 26.2 Å². The Bertz CT molecular complexity index is 1140. The monoisotopic (exact) mass is 431 g/mol. The largest absolute Gasteiger partial charge is 0.507 e. The number of nitrogens with one attached hydrogen (secondary N) is 3. The molecule has 2 amide bonds. The number of phenols is 1. The molecule has 5 N–H and O–H groups in total. The van der Waals surface area contributed by atoms with E-state index in [0.29, 0.717) is 28.9 Å². The van der Waals surface area contributed by atoms with Crippen LogP contribution in [0.25, 0.3) is 11.1 Å². The number of carbonyl (C=O) groups excluding carboxylic acids is 2. The van der Waals surface area contributed by atoms with E-state index in [1.807, 2.05) is 24.3 Å². The second kappa shape index (κ2) is 9.53. The van der Waals surface area contributed by atoms with Crippen LogP contribution in [0.5, 0.6) is 5.75 Å². The second-order valence-electron chi connectivity index (χ2n) is 7.60.